The van der Waals surface area contributed by atoms with Gasteiger partial charge in [-0.1, -0.05) is 6.07 Å². The van der Waals surface area contributed by atoms with Crippen LogP contribution in [0.1, 0.15) is 12.0 Å². The van der Waals surface area contributed by atoms with Crippen molar-refractivity contribution in [1.82, 2.24) is 0 Å². The van der Waals surface area contributed by atoms with Gasteiger partial charge >= 0.3 is 0 Å². The Kier molecular flexibility index (Phi) is 3.24. The molecule has 0 aromatic heterocycles. The van der Waals surface area contributed by atoms with Gasteiger partial charge in [-0.3, -0.25) is 0 Å². The molecule has 0 nitrogen and oxygen atoms in total. The summed E-state index contributed by atoms with van der Waals surface area (Å²) in [6.45, 7) is 0. The third kappa shape index (κ3) is 2.37. The Balaban J connectivity index is 3.05. The molecule has 1 rings (SSSR count). The van der Waals surface area contributed by atoms with Gasteiger partial charge in [-0.2, -0.15) is 0 Å². The van der Waals surface area contributed by atoms with E-state index < -0.39 is 6.43 Å². The molecule has 60 valence electrons. The van der Waals surface area contributed by atoms with Crippen molar-refractivity contribution in [2.24, 2.45) is 0 Å². The molecular weight excluding hydrogens is 329 g/mol. The van der Waals surface area contributed by atoms with Gasteiger partial charge in [0, 0.05) is 13.6 Å². The molecule has 0 aliphatic heterocycles. The molecule has 4 heteroatoms. The molecule has 0 unspecified atom stereocenters. The largest absolute Gasteiger partial charge is 0.263 e. The van der Waals surface area contributed by atoms with Crippen molar-refractivity contribution >= 4 is 38.5 Å². The average Bonchev–Trinajstić information content (AvgIpc) is 1.94. The van der Waals surface area contributed by atoms with E-state index in [2.05, 4.69) is 15.9 Å². The van der Waals surface area contributed by atoms with Gasteiger partial charge in [0.1, 0.15) is 0 Å². The van der Waals surface area contributed by atoms with Crippen LogP contribution in [-0.2, 0) is 0 Å². The number of halogens is 4. The zero-order chi connectivity index (χ0) is 8.43. The molecule has 11 heavy (non-hydrogen) atoms. The molecule has 1 aromatic carbocycles. The first-order valence-electron chi connectivity index (χ1n) is 2.84. The fraction of sp³-hybridized carbons (Fsp3) is 0.143. The van der Waals surface area contributed by atoms with Crippen molar-refractivity contribution in [2.75, 3.05) is 0 Å². The first kappa shape index (κ1) is 9.38. The van der Waals surface area contributed by atoms with Gasteiger partial charge in [0.25, 0.3) is 6.43 Å². The summed E-state index contributed by atoms with van der Waals surface area (Å²) in [6, 6.07) is 4.51. The van der Waals surface area contributed by atoms with Crippen molar-refractivity contribution in [1.29, 1.82) is 0 Å². The maximum absolute atomic E-state index is 12.1. The van der Waals surface area contributed by atoms with Gasteiger partial charge in [-0.25, -0.2) is 8.78 Å². The number of hydrogen-bond donors (Lipinski definition) is 0. The standard InChI is InChI=1S/C7H4BrF2I/c8-5-2-1-4(7(9)10)3-6(5)11/h1-3,7H. The molecule has 0 heterocycles. The lowest BCUT2D eigenvalue weighted by atomic mass is 10.2. The molecule has 0 saturated heterocycles. The maximum atomic E-state index is 12.1. The van der Waals surface area contributed by atoms with Crippen molar-refractivity contribution in [2.45, 2.75) is 6.43 Å². The van der Waals surface area contributed by atoms with E-state index in [-0.39, 0.29) is 5.56 Å². The van der Waals surface area contributed by atoms with Gasteiger partial charge < -0.3 is 0 Å². The summed E-state index contributed by atoms with van der Waals surface area (Å²) >= 11 is 5.23. The lowest BCUT2D eigenvalue weighted by Crippen LogP contribution is -1.84. The summed E-state index contributed by atoms with van der Waals surface area (Å²) in [6.07, 6.45) is -2.38. The molecule has 0 bridgehead atoms. The maximum Gasteiger partial charge on any atom is 0.263 e. The van der Waals surface area contributed by atoms with Crippen LogP contribution in [-0.4, -0.2) is 0 Å². The normalized spacial score (nSPS) is 10.6. The summed E-state index contributed by atoms with van der Waals surface area (Å²) in [5.74, 6) is 0. The van der Waals surface area contributed by atoms with Crippen LogP contribution in [0.15, 0.2) is 22.7 Å². The predicted molar refractivity (Wildman–Crippen MR) is 51.8 cm³/mol. The fourth-order valence-corrected chi connectivity index (χ4v) is 1.43. The summed E-state index contributed by atoms with van der Waals surface area (Å²) in [7, 11) is 0. The minimum atomic E-state index is -2.38. The summed E-state index contributed by atoms with van der Waals surface area (Å²) in [4.78, 5) is 0. The van der Waals surface area contributed by atoms with Crippen molar-refractivity contribution in [3.8, 4) is 0 Å². The smallest absolute Gasteiger partial charge is 0.205 e. The quantitative estimate of drug-likeness (QED) is 0.682. The molecule has 1 aromatic rings. The van der Waals surface area contributed by atoms with Crippen molar-refractivity contribution in [3.05, 3.63) is 31.8 Å². The molecule has 0 spiro atoms. The SMILES string of the molecule is FC(F)c1ccc(Br)c(I)c1. The van der Waals surface area contributed by atoms with E-state index in [0.717, 1.165) is 8.04 Å². The minimum Gasteiger partial charge on any atom is -0.205 e. The van der Waals surface area contributed by atoms with Crippen LogP contribution in [0.3, 0.4) is 0 Å². The Morgan fingerprint density at radius 3 is 2.45 bits per heavy atom. The van der Waals surface area contributed by atoms with E-state index >= 15 is 0 Å². The molecule has 0 fully saturated rings. The Morgan fingerprint density at radius 2 is 2.00 bits per heavy atom. The first-order valence-corrected chi connectivity index (χ1v) is 4.71. The molecule has 0 aliphatic rings. The van der Waals surface area contributed by atoms with Crippen molar-refractivity contribution in [3.63, 3.8) is 0 Å². The fourth-order valence-electron chi connectivity index (χ4n) is 0.648. The second-order valence-electron chi connectivity index (χ2n) is 1.97. The van der Waals surface area contributed by atoms with Crippen LogP contribution in [0.2, 0.25) is 0 Å². The highest BCUT2D eigenvalue weighted by Gasteiger charge is 2.07. The molecular formula is C7H4BrF2I. The van der Waals surface area contributed by atoms with Crippen LogP contribution in [0, 0.1) is 3.57 Å². The molecule has 0 amide bonds. The van der Waals surface area contributed by atoms with Crippen LogP contribution < -0.4 is 0 Å². The second-order valence-corrected chi connectivity index (χ2v) is 3.99. The average molecular weight is 333 g/mol. The summed E-state index contributed by atoms with van der Waals surface area (Å²) in [5.41, 5.74) is 0.0672. The lowest BCUT2D eigenvalue weighted by Gasteiger charge is -2.00. The second kappa shape index (κ2) is 3.80. The highest BCUT2D eigenvalue weighted by molar-refractivity contribution is 14.1. The zero-order valence-electron chi connectivity index (χ0n) is 5.32. The van der Waals surface area contributed by atoms with E-state index in [1.165, 1.54) is 12.1 Å². The van der Waals surface area contributed by atoms with E-state index in [0.29, 0.717) is 0 Å². The van der Waals surface area contributed by atoms with Gasteiger partial charge in [0.15, 0.2) is 0 Å². The van der Waals surface area contributed by atoms with Crippen LogP contribution >= 0.6 is 38.5 Å². The first-order chi connectivity index (χ1) is 5.11. The van der Waals surface area contributed by atoms with Gasteiger partial charge in [0.05, 0.1) is 0 Å². The van der Waals surface area contributed by atoms with Gasteiger partial charge in [-0.15, -0.1) is 0 Å². The third-order valence-corrected chi connectivity index (χ3v) is 3.52. The number of alkyl halides is 2. The Hall–Kier alpha value is 0.290. The van der Waals surface area contributed by atoms with E-state index in [1.54, 1.807) is 6.07 Å². The number of hydrogen-bond acceptors (Lipinski definition) is 0. The van der Waals surface area contributed by atoms with Crippen LogP contribution in [0.25, 0.3) is 0 Å². The number of benzene rings is 1. The predicted octanol–water partition coefficient (Wildman–Crippen LogP) is 3.99. The lowest BCUT2D eigenvalue weighted by molar-refractivity contribution is 0.151. The van der Waals surface area contributed by atoms with Crippen LogP contribution in [0.5, 0.6) is 0 Å². The number of rotatable bonds is 1. The molecule has 0 radical (unpaired) electrons. The Morgan fingerprint density at radius 1 is 1.36 bits per heavy atom. The highest BCUT2D eigenvalue weighted by atomic mass is 127. The highest BCUT2D eigenvalue weighted by Crippen LogP contribution is 2.25. The summed E-state index contributed by atoms with van der Waals surface area (Å²) in [5, 5.41) is 0. The van der Waals surface area contributed by atoms with Gasteiger partial charge in [-0.05, 0) is 50.7 Å². The minimum absolute atomic E-state index is 0.0672. The Bertz CT molecular complexity index is 263. The monoisotopic (exact) mass is 332 g/mol. The van der Waals surface area contributed by atoms with E-state index in [1.807, 2.05) is 22.6 Å². The molecule has 0 aliphatic carbocycles. The molecule has 0 atom stereocenters. The third-order valence-electron chi connectivity index (χ3n) is 1.20. The topological polar surface area (TPSA) is 0 Å². The van der Waals surface area contributed by atoms with Crippen LogP contribution in [0.4, 0.5) is 8.78 Å². The Labute approximate surface area is 85.3 Å². The summed E-state index contributed by atoms with van der Waals surface area (Å²) < 4.78 is 25.8. The van der Waals surface area contributed by atoms with E-state index in [9.17, 15) is 8.78 Å². The molecule has 0 saturated carbocycles. The molecule has 0 N–H and O–H groups in total. The van der Waals surface area contributed by atoms with E-state index in [4.69, 9.17) is 0 Å². The van der Waals surface area contributed by atoms with Crippen molar-refractivity contribution < 1.29 is 8.78 Å². The van der Waals surface area contributed by atoms with Gasteiger partial charge in [0.2, 0.25) is 0 Å². The zero-order valence-corrected chi connectivity index (χ0v) is 9.06.